The van der Waals surface area contributed by atoms with Crippen LogP contribution >= 0.6 is 0 Å². The molecule has 1 aliphatic rings. The second kappa shape index (κ2) is 7.39. The lowest BCUT2D eigenvalue weighted by Gasteiger charge is -2.23. The molecule has 110 valence electrons. The Morgan fingerprint density at radius 2 is 2.05 bits per heavy atom. The summed E-state index contributed by atoms with van der Waals surface area (Å²) in [7, 11) is 1.75. The Kier molecular flexibility index (Phi) is 5.53. The molecule has 1 aromatic carbocycles. The van der Waals surface area contributed by atoms with Gasteiger partial charge in [0.1, 0.15) is 5.82 Å². The highest BCUT2D eigenvalue weighted by Gasteiger charge is 2.16. The van der Waals surface area contributed by atoms with Gasteiger partial charge < -0.3 is 10.2 Å². The van der Waals surface area contributed by atoms with E-state index < -0.39 is 0 Å². The minimum atomic E-state index is -0.245. The predicted molar refractivity (Wildman–Crippen MR) is 77.7 cm³/mol. The van der Waals surface area contributed by atoms with E-state index in [1.807, 2.05) is 0 Å². The molecule has 0 radical (unpaired) electrons. The Balaban J connectivity index is 1.78. The Hall–Kier alpha value is -1.42. The monoisotopic (exact) mass is 278 g/mol. The highest BCUT2D eigenvalue weighted by Crippen LogP contribution is 2.18. The Morgan fingerprint density at radius 1 is 1.35 bits per heavy atom. The Labute approximate surface area is 120 Å². The first-order valence-electron chi connectivity index (χ1n) is 7.35. The predicted octanol–water partition coefficient (Wildman–Crippen LogP) is 2.56. The molecule has 1 aliphatic heterocycles. The molecule has 1 aromatic rings. The summed E-state index contributed by atoms with van der Waals surface area (Å²) in [4.78, 5) is 13.7. The number of carbonyl (C=O) groups excluding carboxylic acids is 1. The van der Waals surface area contributed by atoms with Crippen molar-refractivity contribution in [2.24, 2.45) is 5.92 Å². The summed E-state index contributed by atoms with van der Waals surface area (Å²) in [5.74, 6) is 0.513. The van der Waals surface area contributed by atoms with E-state index >= 15 is 0 Å². The van der Waals surface area contributed by atoms with E-state index in [0.29, 0.717) is 24.4 Å². The Bertz CT molecular complexity index is 444. The number of hydrogen-bond acceptors (Lipinski definition) is 2. The van der Waals surface area contributed by atoms with Crippen molar-refractivity contribution in [2.75, 3.05) is 20.1 Å². The fraction of sp³-hybridized carbons (Fsp3) is 0.562. The maximum atomic E-state index is 13.5. The second-order valence-electron chi connectivity index (χ2n) is 5.57. The second-order valence-corrected chi connectivity index (χ2v) is 5.57. The third kappa shape index (κ3) is 4.30. The van der Waals surface area contributed by atoms with E-state index in [2.05, 4.69) is 5.32 Å². The number of halogens is 1. The van der Waals surface area contributed by atoms with Gasteiger partial charge in [0.2, 0.25) is 5.91 Å². The summed E-state index contributed by atoms with van der Waals surface area (Å²) in [6, 6.07) is 6.62. The van der Waals surface area contributed by atoms with Crippen molar-refractivity contribution in [1.82, 2.24) is 10.2 Å². The molecule has 1 fully saturated rings. The zero-order valence-electron chi connectivity index (χ0n) is 12.1. The molecule has 0 spiro atoms. The van der Waals surface area contributed by atoms with Gasteiger partial charge in [-0.1, -0.05) is 18.2 Å². The van der Waals surface area contributed by atoms with E-state index in [1.165, 1.54) is 6.07 Å². The van der Waals surface area contributed by atoms with Crippen molar-refractivity contribution in [3.05, 3.63) is 35.6 Å². The summed E-state index contributed by atoms with van der Waals surface area (Å²) in [5, 5.41) is 3.33. The molecule has 1 amide bonds. The summed E-state index contributed by atoms with van der Waals surface area (Å²) >= 11 is 0. The van der Waals surface area contributed by atoms with Crippen LogP contribution in [0.25, 0.3) is 0 Å². The topological polar surface area (TPSA) is 32.3 Å². The number of carbonyl (C=O) groups is 1. The number of piperidine rings is 1. The number of benzene rings is 1. The largest absolute Gasteiger partial charge is 0.341 e. The van der Waals surface area contributed by atoms with Crippen molar-refractivity contribution < 1.29 is 9.18 Å². The molecular formula is C16H23FN2O. The van der Waals surface area contributed by atoms with Gasteiger partial charge in [-0.2, -0.15) is 0 Å². The lowest BCUT2D eigenvalue weighted by atomic mass is 9.93. The number of nitrogens with zero attached hydrogens (tertiary/aromatic N) is 1. The van der Waals surface area contributed by atoms with Crippen molar-refractivity contribution in [3.63, 3.8) is 0 Å². The normalized spacial score (nSPS) is 16.1. The molecule has 0 atom stereocenters. The first-order valence-corrected chi connectivity index (χ1v) is 7.35. The van der Waals surface area contributed by atoms with Crippen LogP contribution in [0, 0.1) is 11.7 Å². The summed E-state index contributed by atoms with van der Waals surface area (Å²) in [6.07, 6.45) is 3.83. The van der Waals surface area contributed by atoms with Gasteiger partial charge in [-0.15, -0.1) is 0 Å². The zero-order chi connectivity index (χ0) is 14.4. The molecule has 1 saturated heterocycles. The molecule has 0 aromatic heterocycles. The summed E-state index contributed by atoms with van der Waals surface area (Å²) in [6.45, 7) is 2.46. The van der Waals surface area contributed by atoms with Gasteiger partial charge >= 0.3 is 0 Å². The maximum absolute atomic E-state index is 13.5. The van der Waals surface area contributed by atoms with Gasteiger partial charge in [-0.3, -0.25) is 4.79 Å². The lowest BCUT2D eigenvalue weighted by molar-refractivity contribution is -0.130. The van der Waals surface area contributed by atoms with Crippen LogP contribution in [-0.2, 0) is 11.3 Å². The van der Waals surface area contributed by atoms with Crippen molar-refractivity contribution >= 4 is 5.91 Å². The maximum Gasteiger partial charge on any atom is 0.222 e. The first kappa shape index (κ1) is 15.0. The summed E-state index contributed by atoms with van der Waals surface area (Å²) < 4.78 is 13.5. The van der Waals surface area contributed by atoms with Gasteiger partial charge in [0.25, 0.3) is 0 Å². The van der Waals surface area contributed by atoms with Crippen LogP contribution in [0.3, 0.4) is 0 Å². The van der Waals surface area contributed by atoms with Crippen LogP contribution in [0.15, 0.2) is 24.3 Å². The molecule has 1 heterocycles. The minimum absolute atomic E-state index is 0.104. The number of rotatable bonds is 5. The average molecular weight is 278 g/mol. The standard InChI is InChI=1S/C16H23FN2O/c1-19(12-14-4-2-3-5-15(14)17)16(20)7-6-13-8-10-18-11-9-13/h2-5,13,18H,6-12H2,1H3. The molecule has 4 heteroatoms. The molecular weight excluding hydrogens is 255 g/mol. The molecule has 0 aliphatic carbocycles. The van der Waals surface area contributed by atoms with Crippen LogP contribution in [0.2, 0.25) is 0 Å². The number of nitrogens with one attached hydrogen (secondary N) is 1. The number of amides is 1. The quantitative estimate of drug-likeness (QED) is 0.898. The van der Waals surface area contributed by atoms with Gasteiger partial charge in [0, 0.05) is 25.6 Å². The molecule has 2 rings (SSSR count). The van der Waals surface area contributed by atoms with Crippen molar-refractivity contribution in [3.8, 4) is 0 Å². The van der Waals surface area contributed by atoms with Gasteiger partial charge in [-0.25, -0.2) is 4.39 Å². The van der Waals surface area contributed by atoms with Crippen molar-refractivity contribution in [2.45, 2.75) is 32.2 Å². The molecule has 20 heavy (non-hydrogen) atoms. The highest BCUT2D eigenvalue weighted by atomic mass is 19.1. The molecule has 0 saturated carbocycles. The molecule has 3 nitrogen and oxygen atoms in total. The Morgan fingerprint density at radius 3 is 2.75 bits per heavy atom. The SMILES string of the molecule is CN(Cc1ccccc1F)C(=O)CCC1CCNCC1. The van der Waals surface area contributed by atoms with Gasteiger partial charge in [0.05, 0.1) is 0 Å². The average Bonchev–Trinajstić information content (AvgIpc) is 2.48. The van der Waals surface area contributed by atoms with Crippen LogP contribution in [0.1, 0.15) is 31.2 Å². The smallest absolute Gasteiger partial charge is 0.222 e. The zero-order valence-corrected chi connectivity index (χ0v) is 12.1. The molecule has 0 unspecified atom stereocenters. The van der Waals surface area contributed by atoms with Crippen LogP contribution in [0.5, 0.6) is 0 Å². The van der Waals surface area contributed by atoms with Crippen LogP contribution in [-0.4, -0.2) is 30.9 Å². The lowest BCUT2D eigenvalue weighted by Crippen LogP contribution is -2.30. The molecule has 0 bridgehead atoms. The van der Waals surface area contributed by atoms with E-state index in [0.717, 1.165) is 32.4 Å². The summed E-state index contributed by atoms with van der Waals surface area (Å²) in [5.41, 5.74) is 0.574. The van der Waals surface area contributed by atoms with E-state index in [4.69, 9.17) is 0 Å². The first-order chi connectivity index (χ1) is 9.66. The third-order valence-electron chi connectivity index (χ3n) is 4.02. The van der Waals surface area contributed by atoms with Gasteiger partial charge in [0.15, 0.2) is 0 Å². The van der Waals surface area contributed by atoms with E-state index in [1.54, 1.807) is 30.1 Å². The fourth-order valence-corrected chi connectivity index (χ4v) is 2.66. The van der Waals surface area contributed by atoms with Crippen LogP contribution in [0.4, 0.5) is 4.39 Å². The fourth-order valence-electron chi connectivity index (χ4n) is 2.66. The van der Waals surface area contributed by atoms with E-state index in [9.17, 15) is 9.18 Å². The molecule has 1 N–H and O–H groups in total. The highest BCUT2D eigenvalue weighted by molar-refractivity contribution is 5.75. The van der Waals surface area contributed by atoms with Crippen molar-refractivity contribution in [1.29, 1.82) is 0 Å². The van der Waals surface area contributed by atoms with Crippen LogP contribution < -0.4 is 5.32 Å². The van der Waals surface area contributed by atoms with E-state index in [-0.39, 0.29) is 11.7 Å². The number of hydrogen-bond donors (Lipinski definition) is 1. The van der Waals surface area contributed by atoms with Gasteiger partial charge in [-0.05, 0) is 44.3 Å². The third-order valence-corrected chi connectivity index (χ3v) is 4.02. The minimum Gasteiger partial charge on any atom is -0.341 e.